The molecular weight excluding hydrogens is 517 g/mol. The smallest absolute Gasteiger partial charge is 0.444 e. The van der Waals surface area contributed by atoms with Crippen LogP contribution in [0, 0.1) is 0 Å². The lowest BCUT2D eigenvalue weighted by molar-refractivity contribution is -0.139. The molecule has 0 aliphatic heterocycles. The molecule has 0 unspecified atom stereocenters. The van der Waals surface area contributed by atoms with Gasteiger partial charge in [0.15, 0.2) is 0 Å². The van der Waals surface area contributed by atoms with Gasteiger partial charge in [0.2, 0.25) is 0 Å². The Balaban J connectivity index is 1.51. The average Bonchev–Trinajstić information content (AvgIpc) is 2.96. The van der Waals surface area contributed by atoms with Gasteiger partial charge in [-0.15, -0.1) is 0 Å². The van der Waals surface area contributed by atoms with Crippen molar-refractivity contribution < 1.29 is 33.0 Å². The fourth-order valence-electron chi connectivity index (χ4n) is 3.89. The van der Waals surface area contributed by atoms with Gasteiger partial charge in [0.1, 0.15) is 35.3 Å². The molecule has 2 N–H and O–H groups in total. The first-order valence-corrected chi connectivity index (χ1v) is 14.0. The molecule has 0 bridgehead atoms. The predicted molar refractivity (Wildman–Crippen MR) is 150 cm³/mol. The number of ether oxygens (including phenoxy) is 2. The molecule has 0 spiro atoms. The van der Waals surface area contributed by atoms with Crippen LogP contribution in [0.1, 0.15) is 5.56 Å². The molecule has 0 radical (unpaired) electrons. The second-order valence-electron chi connectivity index (χ2n) is 8.67. The number of nitrogens with one attached hydrogen (secondary N) is 1. The molecule has 202 valence electrons. The maximum atomic E-state index is 14.0. The summed E-state index contributed by atoms with van der Waals surface area (Å²) in [6.07, 6.45) is -0.191. The van der Waals surface area contributed by atoms with E-state index in [0.29, 0.717) is 11.5 Å². The molecule has 0 saturated heterocycles. The van der Waals surface area contributed by atoms with Gasteiger partial charge >= 0.3 is 13.6 Å². The van der Waals surface area contributed by atoms with Crippen LogP contribution in [0.3, 0.4) is 0 Å². The minimum Gasteiger partial charge on any atom is -0.497 e. The first-order chi connectivity index (χ1) is 18.9. The summed E-state index contributed by atoms with van der Waals surface area (Å²) in [5.74, 6) is 0.444. The molecule has 1 atom stereocenters. The number of rotatable bonds is 13. The Morgan fingerprint density at radius 2 is 1.26 bits per heavy atom. The molecule has 4 rings (SSSR count). The van der Waals surface area contributed by atoms with E-state index < -0.39 is 19.6 Å². The number of carboxylic acids is 1. The molecule has 0 saturated carbocycles. The quantitative estimate of drug-likeness (QED) is 0.189. The molecule has 9 heteroatoms. The molecule has 0 aliphatic rings. The van der Waals surface area contributed by atoms with Crippen LogP contribution in [0.2, 0.25) is 0 Å². The third-order valence-corrected chi connectivity index (χ3v) is 7.45. The summed E-state index contributed by atoms with van der Waals surface area (Å²) in [7, 11) is -0.934. The third-order valence-electron chi connectivity index (χ3n) is 5.90. The number of carboxylic acid groups (broad SMARTS) is 1. The lowest BCUT2D eigenvalue weighted by Gasteiger charge is -2.23. The summed E-state index contributed by atoms with van der Waals surface area (Å²) in [6, 6.07) is 29.8. The summed E-state index contributed by atoms with van der Waals surface area (Å²) >= 11 is 0. The van der Waals surface area contributed by atoms with Crippen molar-refractivity contribution in [2.45, 2.75) is 12.5 Å². The van der Waals surface area contributed by atoms with Gasteiger partial charge in [-0.25, -0.2) is 4.57 Å². The van der Waals surface area contributed by atoms with E-state index >= 15 is 0 Å². The van der Waals surface area contributed by atoms with Crippen LogP contribution in [0.4, 0.5) is 0 Å². The van der Waals surface area contributed by atoms with Gasteiger partial charge in [0.05, 0.1) is 14.2 Å². The summed E-state index contributed by atoms with van der Waals surface area (Å²) < 4.78 is 36.1. The number of carbonyl (C=O) groups is 1. The summed E-state index contributed by atoms with van der Waals surface area (Å²) in [5.41, 5.74) is 2.91. The van der Waals surface area contributed by atoms with Gasteiger partial charge in [0.25, 0.3) is 0 Å². The second-order valence-corrected chi connectivity index (χ2v) is 10.6. The first-order valence-electron chi connectivity index (χ1n) is 12.2. The van der Waals surface area contributed by atoms with E-state index in [9.17, 15) is 14.5 Å². The minimum atomic E-state index is -3.96. The maximum absolute atomic E-state index is 14.0. The normalized spacial score (nSPS) is 11.8. The van der Waals surface area contributed by atoms with E-state index in [1.807, 2.05) is 54.6 Å². The Hall–Kier alpha value is -4.26. The molecule has 0 heterocycles. The van der Waals surface area contributed by atoms with Crippen LogP contribution in [-0.2, 0) is 15.8 Å². The fourth-order valence-corrected chi connectivity index (χ4v) is 5.37. The van der Waals surface area contributed by atoms with Gasteiger partial charge in [-0.05, 0) is 47.4 Å². The highest BCUT2D eigenvalue weighted by molar-refractivity contribution is 7.54. The Bertz CT molecular complexity index is 1370. The molecule has 0 aliphatic carbocycles. The maximum Gasteiger partial charge on any atom is 0.444 e. The summed E-state index contributed by atoms with van der Waals surface area (Å²) in [5, 5.41) is 12.8. The van der Waals surface area contributed by atoms with Gasteiger partial charge in [0, 0.05) is 12.1 Å². The zero-order valence-corrected chi connectivity index (χ0v) is 22.5. The van der Waals surface area contributed by atoms with Crippen LogP contribution in [0.15, 0.2) is 103 Å². The Morgan fingerprint density at radius 3 is 1.77 bits per heavy atom. The second kappa shape index (κ2) is 13.0. The third kappa shape index (κ3) is 7.87. The van der Waals surface area contributed by atoms with E-state index in [4.69, 9.17) is 18.5 Å². The minimum absolute atomic E-state index is 0.169. The van der Waals surface area contributed by atoms with E-state index in [0.717, 1.165) is 16.7 Å². The Labute approximate surface area is 227 Å². The molecule has 0 fully saturated rings. The van der Waals surface area contributed by atoms with E-state index in [1.165, 1.54) is 14.2 Å². The van der Waals surface area contributed by atoms with Crippen LogP contribution < -0.4 is 23.8 Å². The van der Waals surface area contributed by atoms with Crippen molar-refractivity contribution >= 4 is 13.6 Å². The van der Waals surface area contributed by atoms with Crippen molar-refractivity contribution in [3.63, 3.8) is 0 Å². The molecule has 39 heavy (non-hydrogen) atoms. The van der Waals surface area contributed by atoms with Gasteiger partial charge in [-0.2, -0.15) is 0 Å². The molecule has 4 aromatic carbocycles. The number of hydrogen-bond donors (Lipinski definition) is 2. The van der Waals surface area contributed by atoms with Crippen LogP contribution >= 0.6 is 7.60 Å². The van der Waals surface area contributed by atoms with Crippen LogP contribution in [0.25, 0.3) is 11.1 Å². The molecular formula is C30H30NO7P. The fraction of sp³-hybridized carbons (Fsp3) is 0.167. The monoisotopic (exact) mass is 547 g/mol. The van der Waals surface area contributed by atoms with E-state index in [2.05, 4.69) is 5.32 Å². The SMILES string of the molecule is COc1cccc(OP(=O)(CN[C@@H](Cc2ccc(-c3ccccc3)cc2)C(=O)O)Oc2cccc(OC)c2)c1. The van der Waals surface area contributed by atoms with E-state index in [1.54, 1.807) is 48.5 Å². The van der Waals surface area contributed by atoms with Gasteiger partial charge < -0.3 is 23.6 Å². The van der Waals surface area contributed by atoms with Gasteiger partial charge in [-0.3, -0.25) is 10.1 Å². The highest BCUT2D eigenvalue weighted by Crippen LogP contribution is 2.48. The van der Waals surface area contributed by atoms with Crippen molar-refractivity contribution in [2.24, 2.45) is 0 Å². The highest BCUT2D eigenvalue weighted by atomic mass is 31.2. The highest BCUT2D eigenvalue weighted by Gasteiger charge is 2.31. The first kappa shape index (κ1) is 27.8. The molecule has 0 aromatic heterocycles. The largest absolute Gasteiger partial charge is 0.497 e. The number of methoxy groups -OCH3 is 2. The average molecular weight is 548 g/mol. The number of benzene rings is 4. The lowest BCUT2D eigenvalue weighted by Crippen LogP contribution is -2.39. The predicted octanol–water partition coefficient (Wildman–Crippen LogP) is 6.26. The topological polar surface area (TPSA) is 103 Å². The van der Waals surface area contributed by atoms with Crippen LogP contribution in [0.5, 0.6) is 23.0 Å². The molecule has 4 aromatic rings. The standard InChI is InChI=1S/C30H30NO7P/c1-35-25-10-6-12-27(19-25)37-39(34,38-28-13-7-11-26(20-28)36-2)21-31-29(30(32)33)18-22-14-16-24(17-15-22)23-8-4-3-5-9-23/h3-17,19-20,29,31H,18,21H2,1-2H3,(H,32,33)/t29-/m0/s1. The van der Waals surface area contributed by atoms with Crippen molar-refractivity contribution in [1.82, 2.24) is 5.32 Å². The zero-order valence-electron chi connectivity index (χ0n) is 21.7. The van der Waals surface area contributed by atoms with Crippen molar-refractivity contribution in [3.8, 4) is 34.1 Å². The van der Waals surface area contributed by atoms with Crippen molar-refractivity contribution in [3.05, 3.63) is 109 Å². The molecule has 0 amide bonds. The van der Waals surface area contributed by atoms with Crippen molar-refractivity contribution in [2.75, 3.05) is 20.5 Å². The van der Waals surface area contributed by atoms with E-state index in [-0.39, 0.29) is 24.2 Å². The summed E-state index contributed by atoms with van der Waals surface area (Å²) in [4.78, 5) is 12.1. The Morgan fingerprint density at radius 1 is 0.744 bits per heavy atom. The number of hydrogen-bond acceptors (Lipinski definition) is 7. The lowest BCUT2D eigenvalue weighted by atomic mass is 10.0. The van der Waals surface area contributed by atoms with Crippen molar-refractivity contribution in [1.29, 1.82) is 0 Å². The molecule has 8 nitrogen and oxygen atoms in total. The number of aliphatic carboxylic acids is 1. The van der Waals surface area contributed by atoms with Gasteiger partial charge in [-0.1, -0.05) is 66.7 Å². The Kier molecular flexibility index (Phi) is 9.26. The summed E-state index contributed by atoms with van der Waals surface area (Å²) in [6.45, 7) is 0. The zero-order chi connectivity index (χ0) is 27.7. The van der Waals surface area contributed by atoms with Crippen LogP contribution in [-0.4, -0.2) is 37.6 Å².